The van der Waals surface area contributed by atoms with Crippen molar-refractivity contribution in [2.45, 2.75) is 354 Å². The van der Waals surface area contributed by atoms with Crippen LogP contribution in [0.5, 0.6) is 0 Å². The van der Waals surface area contributed by atoms with Gasteiger partial charge in [-0.2, -0.15) is 0 Å². The number of hydrogen-bond acceptors (Lipinski definition) is 15. The van der Waals surface area contributed by atoms with Gasteiger partial charge in [0.1, 0.15) is 19.3 Å². The van der Waals surface area contributed by atoms with Crippen LogP contribution in [0.4, 0.5) is 0 Å². The van der Waals surface area contributed by atoms with Crippen molar-refractivity contribution in [3.8, 4) is 0 Å². The second kappa shape index (κ2) is 73.3. The van der Waals surface area contributed by atoms with E-state index in [-0.39, 0.29) is 25.7 Å². The molecule has 0 aromatic heterocycles. The third kappa shape index (κ3) is 72.3. The van der Waals surface area contributed by atoms with Crippen molar-refractivity contribution in [3.05, 3.63) is 97.2 Å². The highest BCUT2D eigenvalue weighted by Gasteiger charge is 2.30. The zero-order valence-electron chi connectivity index (χ0n) is 63.1. The Bertz CT molecular complexity index is 2270. The number of carbonyl (C=O) groups excluding carboxylic acids is 4. The smallest absolute Gasteiger partial charge is 0.462 e. The molecule has 0 fully saturated rings. The average Bonchev–Trinajstić information content (AvgIpc) is 0.926. The number of phosphoric acid groups is 2. The molecular weight excluding hydrogens is 1310 g/mol. The Kier molecular flexibility index (Phi) is 70.4. The molecule has 0 spiro atoms. The lowest BCUT2D eigenvalue weighted by Crippen LogP contribution is -2.30. The van der Waals surface area contributed by atoms with Crippen molar-refractivity contribution < 1.29 is 80.2 Å². The first-order valence-electron chi connectivity index (χ1n) is 39.5. The van der Waals surface area contributed by atoms with Crippen LogP contribution in [0, 0.1) is 0 Å². The van der Waals surface area contributed by atoms with E-state index in [1.54, 1.807) is 0 Å². The van der Waals surface area contributed by atoms with Gasteiger partial charge in [0.25, 0.3) is 0 Å². The van der Waals surface area contributed by atoms with E-state index in [0.29, 0.717) is 25.7 Å². The van der Waals surface area contributed by atoms with Gasteiger partial charge in [0.2, 0.25) is 0 Å². The Hall–Kier alpha value is -4.02. The molecule has 100 heavy (non-hydrogen) atoms. The monoisotopic (exact) mass is 1450 g/mol. The van der Waals surface area contributed by atoms with Gasteiger partial charge >= 0.3 is 39.5 Å². The van der Waals surface area contributed by atoms with E-state index in [1.807, 2.05) is 0 Å². The number of hydrogen-bond donors (Lipinski definition) is 3. The highest BCUT2D eigenvalue weighted by Crippen LogP contribution is 2.45. The molecule has 0 rings (SSSR count). The fourth-order valence-corrected chi connectivity index (χ4v) is 12.1. The molecule has 0 aliphatic rings. The van der Waals surface area contributed by atoms with Crippen molar-refractivity contribution >= 4 is 39.5 Å². The Morgan fingerprint density at radius 2 is 0.520 bits per heavy atom. The van der Waals surface area contributed by atoms with Gasteiger partial charge in [-0.3, -0.25) is 37.3 Å². The Labute approximate surface area is 607 Å². The number of allylic oxidation sites excluding steroid dienone is 16. The van der Waals surface area contributed by atoms with Gasteiger partial charge in [-0.25, -0.2) is 9.13 Å². The number of ether oxygens (including phenoxy) is 4. The molecule has 19 heteroatoms. The largest absolute Gasteiger partial charge is 0.472 e. The number of aliphatic hydroxyl groups is 1. The number of carbonyl (C=O) groups is 4. The third-order valence-corrected chi connectivity index (χ3v) is 18.4. The molecule has 0 heterocycles. The molecule has 578 valence electrons. The van der Waals surface area contributed by atoms with E-state index in [2.05, 4.69) is 125 Å². The van der Waals surface area contributed by atoms with Gasteiger partial charge in [0.15, 0.2) is 12.2 Å². The first kappa shape index (κ1) is 96.0. The zero-order chi connectivity index (χ0) is 73.2. The van der Waals surface area contributed by atoms with Crippen molar-refractivity contribution in [2.24, 2.45) is 0 Å². The van der Waals surface area contributed by atoms with E-state index in [9.17, 15) is 43.2 Å². The molecule has 0 saturated carbocycles. The molecule has 0 aromatic rings. The molecule has 17 nitrogen and oxygen atoms in total. The van der Waals surface area contributed by atoms with Gasteiger partial charge in [0.05, 0.1) is 26.4 Å². The third-order valence-electron chi connectivity index (χ3n) is 16.5. The minimum Gasteiger partial charge on any atom is -0.462 e. The summed E-state index contributed by atoms with van der Waals surface area (Å²) in [7, 11) is -9.96. The van der Waals surface area contributed by atoms with Crippen molar-refractivity contribution in [3.63, 3.8) is 0 Å². The summed E-state index contributed by atoms with van der Waals surface area (Å²) in [5.74, 6) is -2.21. The van der Waals surface area contributed by atoms with Crippen LogP contribution in [0.15, 0.2) is 97.2 Å². The van der Waals surface area contributed by atoms with E-state index in [4.69, 9.17) is 37.0 Å². The highest BCUT2D eigenvalue weighted by atomic mass is 31.2. The maximum atomic E-state index is 13.1. The van der Waals surface area contributed by atoms with Gasteiger partial charge in [-0.1, -0.05) is 279 Å². The van der Waals surface area contributed by atoms with Crippen molar-refractivity contribution in [1.29, 1.82) is 0 Å². The molecule has 0 bridgehead atoms. The fourth-order valence-electron chi connectivity index (χ4n) is 10.5. The van der Waals surface area contributed by atoms with Crippen molar-refractivity contribution in [2.75, 3.05) is 39.6 Å². The SMILES string of the molecule is CC/C=C\C/C=C\C/C=C\CCCCCCCC(=O)OC(COC(=O)CCCCCCCC/C=C\C/C=C\C/C=C\CCCCC)COP(=O)(O)OCC(O)COP(=O)(O)OCC(COC(=O)CCCCCCC/C=C\C/C=C\CCCCC)OC(=O)CCCCCCCCCCCCC. The summed E-state index contributed by atoms with van der Waals surface area (Å²) in [4.78, 5) is 72.9. The molecule has 0 radical (unpaired) electrons. The molecule has 0 saturated heterocycles. The van der Waals surface area contributed by atoms with Gasteiger partial charge < -0.3 is 33.8 Å². The number of phosphoric ester groups is 2. The number of esters is 4. The topological polar surface area (TPSA) is 237 Å². The summed E-state index contributed by atoms with van der Waals surface area (Å²) in [6, 6.07) is 0. The van der Waals surface area contributed by atoms with Crippen LogP contribution in [0.1, 0.15) is 336 Å². The van der Waals surface area contributed by atoms with Gasteiger partial charge in [-0.15, -0.1) is 0 Å². The molecule has 0 amide bonds. The second-order valence-corrected chi connectivity index (χ2v) is 29.2. The molecule has 0 aromatic carbocycles. The van der Waals surface area contributed by atoms with E-state index < -0.39 is 97.5 Å². The fraction of sp³-hybridized carbons (Fsp3) is 0.753. The van der Waals surface area contributed by atoms with Crippen LogP contribution >= 0.6 is 15.6 Å². The lowest BCUT2D eigenvalue weighted by atomic mass is 10.1. The molecular formula is C81H142O17P2. The van der Waals surface area contributed by atoms with Crippen LogP contribution in [-0.4, -0.2) is 96.7 Å². The van der Waals surface area contributed by atoms with E-state index in [0.717, 1.165) is 180 Å². The number of aliphatic hydroxyl groups excluding tert-OH is 1. The quantitative estimate of drug-likeness (QED) is 0.0169. The lowest BCUT2D eigenvalue weighted by Gasteiger charge is -2.21. The predicted octanol–water partition coefficient (Wildman–Crippen LogP) is 22.8. The zero-order valence-corrected chi connectivity index (χ0v) is 64.9. The standard InChI is InChI=1S/C81H142O17P2/c1-5-9-13-17-21-25-29-32-35-36-37-38-41-43-47-50-54-58-62-66-79(84)92-72-77(98-81(86)68-64-60-56-52-48-44-40-34-31-27-23-19-15-11-7-3)74-96-100(89,90)94-70-75(82)69-93-99(87,88)95-73-76(97-80(85)67-63-59-55-51-45-28-24-20-16-12-8-4)71-91-78(83)65-61-57-53-49-46-42-39-33-30-26-22-18-14-10-6-2/h11,15,21-23,25-27,32-35,37-40,75-77,82H,5-10,12-14,16-20,24,28-31,36,41-74H2,1-4H3,(H,87,88)(H,89,90)/b15-11-,25-21-,26-22-,27-23-,35-32-,38-37-,39-33-,40-34-. The normalized spacial score (nSPS) is 14.4. The number of unbranched alkanes of at least 4 members (excludes halogenated alkanes) is 32. The molecule has 3 N–H and O–H groups in total. The molecule has 5 unspecified atom stereocenters. The van der Waals surface area contributed by atoms with Crippen LogP contribution < -0.4 is 0 Å². The van der Waals surface area contributed by atoms with E-state index >= 15 is 0 Å². The Morgan fingerprint density at radius 3 is 0.820 bits per heavy atom. The first-order chi connectivity index (χ1) is 48.7. The summed E-state index contributed by atoms with van der Waals surface area (Å²) < 4.78 is 68.5. The van der Waals surface area contributed by atoms with Gasteiger partial charge in [-0.05, 0) is 128 Å². The summed E-state index contributed by atoms with van der Waals surface area (Å²) >= 11 is 0. The summed E-state index contributed by atoms with van der Waals surface area (Å²) in [5, 5.41) is 10.6. The van der Waals surface area contributed by atoms with E-state index in [1.165, 1.54) is 77.0 Å². The summed E-state index contributed by atoms with van der Waals surface area (Å²) in [6.45, 7) is 4.68. The Balaban J connectivity index is 5.34. The minimum absolute atomic E-state index is 0.0724. The number of rotatable bonds is 74. The van der Waals surface area contributed by atoms with Crippen LogP contribution in [0.2, 0.25) is 0 Å². The average molecular weight is 1450 g/mol. The summed E-state index contributed by atoms with van der Waals surface area (Å²) in [5.41, 5.74) is 0. The van der Waals surface area contributed by atoms with Crippen LogP contribution in [-0.2, 0) is 65.4 Å². The molecule has 0 aliphatic heterocycles. The molecule has 0 aliphatic carbocycles. The van der Waals surface area contributed by atoms with Crippen molar-refractivity contribution in [1.82, 2.24) is 0 Å². The Morgan fingerprint density at radius 1 is 0.290 bits per heavy atom. The maximum Gasteiger partial charge on any atom is 0.472 e. The second-order valence-electron chi connectivity index (χ2n) is 26.3. The highest BCUT2D eigenvalue weighted by molar-refractivity contribution is 7.47. The van der Waals surface area contributed by atoms with Crippen LogP contribution in [0.3, 0.4) is 0 Å². The first-order valence-corrected chi connectivity index (χ1v) is 42.5. The van der Waals surface area contributed by atoms with Crippen LogP contribution in [0.25, 0.3) is 0 Å². The maximum absolute atomic E-state index is 13.1. The minimum atomic E-state index is -4.98. The van der Waals surface area contributed by atoms with Gasteiger partial charge in [0, 0.05) is 25.7 Å². The lowest BCUT2D eigenvalue weighted by molar-refractivity contribution is -0.161. The summed E-state index contributed by atoms with van der Waals surface area (Å²) in [6.07, 6.45) is 76.7. The molecule has 5 atom stereocenters. The predicted molar refractivity (Wildman–Crippen MR) is 409 cm³/mol.